The van der Waals surface area contributed by atoms with Crippen LogP contribution >= 0.6 is 0 Å². The standard InChI is InChI=1S/C25H23N3O/c1-24(2,3)23(29)21-20(18-10-5-4-6-11-18)25(15-26,16-27)22-19-12-8-7-9-17(19)13-14-28(21)22/h4-14,20-22H,1-3H3/t20-,21+,22+/m1/s1. The lowest BCUT2D eigenvalue weighted by Crippen LogP contribution is -2.43. The minimum absolute atomic E-state index is 0.0350. The largest absolute Gasteiger partial charge is 0.357 e. The Morgan fingerprint density at radius 2 is 1.62 bits per heavy atom. The summed E-state index contributed by atoms with van der Waals surface area (Å²) in [5.74, 6) is -0.515. The van der Waals surface area contributed by atoms with Crippen LogP contribution in [-0.2, 0) is 4.79 Å². The molecule has 1 saturated heterocycles. The van der Waals surface area contributed by atoms with Gasteiger partial charge in [0.2, 0.25) is 0 Å². The molecule has 29 heavy (non-hydrogen) atoms. The monoisotopic (exact) mass is 381 g/mol. The van der Waals surface area contributed by atoms with Crippen molar-refractivity contribution in [2.75, 3.05) is 0 Å². The smallest absolute Gasteiger partial charge is 0.177 e. The molecule has 0 saturated carbocycles. The predicted molar refractivity (Wildman–Crippen MR) is 111 cm³/mol. The van der Waals surface area contributed by atoms with Crippen molar-refractivity contribution >= 4 is 11.9 Å². The van der Waals surface area contributed by atoms with Crippen LogP contribution in [0, 0.1) is 33.5 Å². The molecule has 2 aliphatic rings. The van der Waals surface area contributed by atoms with Gasteiger partial charge < -0.3 is 4.90 Å². The van der Waals surface area contributed by atoms with Gasteiger partial charge in [0.05, 0.1) is 24.2 Å². The zero-order chi connectivity index (χ0) is 20.8. The van der Waals surface area contributed by atoms with E-state index in [1.165, 1.54) is 0 Å². The first-order valence-corrected chi connectivity index (χ1v) is 9.81. The molecule has 2 aromatic carbocycles. The minimum atomic E-state index is -1.38. The van der Waals surface area contributed by atoms with Gasteiger partial charge in [-0.3, -0.25) is 4.79 Å². The van der Waals surface area contributed by atoms with Gasteiger partial charge in [0.25, 0.3) is 0 Å². The van der Waals surface area contributed by atoms with E-state index in [1.54, 1.807) is 0 Å². The van der Waals surface area contributed by atoms with Gasteiger partial charge in [-0.1, -0.05) is 75.4 Å². The number of Topliss-reactive ketones (excluding diaryl/α,β-unsaturated/α-hetero) is 1. The van der Waals surface area contributed by atoms with Crippen LogP contribution in [0.3, 0.4) is 0 Å². The van der Waals surface area contributed by atoms with Crippen molar-refractivity contribution in [3.8, 4) is 12.1 Å². The van der Waals surface area contributed by atoms with E-state index in [1.807, 2.05) is 92.5 Å². The number of carbonyl (C=O) groups excluding carboxylic acids is 1. The molecular formula is C25H23N3O. The van der Waals surface area contributed by atoms with Crippen LogP contribution in [-0.4, -0.2) is 16.7 Å². The molecule has 0 bridgehead atoms. The van der Waals surface area contributed by atoms with Crippen molar-refractivity contribution < 1.29 is 4.79 Å². The van der Waals surface area contributed by atoms with Crippen molar-refractivity contribution in [2.24, 2.45) is 10.8 Å². The number of ketones is 1. The third-order valence-electron chi connectivity index (χ3n) is 6.11. The van der Waals surface area contributed by atoms with E-state index in [-0.39, 0.29) is 5.78 Å². The Bertz CT molecular complexity index is 1050. The van der Waals surface area contributed by atoms with Crippen LogP contribution in [0.15, 0.2) is 60.8 Å². The molecule has 0 radical (unpaired) electrons. The SMILES string of the molecule is CC(C)(C)C(=O)[C@@H]1[C@@H](c2ccccc2)C(C#N)(C#N)[C@@H]2c3ccccc3C=CN12. The van der Waals surface area contributed by atoms with Gasteiger partial charge in [0.1, 0.15) is 0 Å². The summed E-state index contributed by atoms with van der Waals surface area (Å²) >= 11 is 0. The molecule has 4 rings (SSSR count). The fraction of sp³-hybridized carbons (Fsp3) is 0.320. The number of benzene rings is 2. The Morgan fingerprint density at radius 1 is 1.00 bits per heavy atom. The maximum Gasteiger partial charge on any atom is 0.177 e. The molecule has 1 fully saturated rings. The van der Waals surface area contributed by atoms with Gasteiger partial charge in [-0.05, 0) is 22.8 Å². The fourth-order valence-corrected chi connectivity index (χ4v) is 4.77. The van der Waals surface area contributed by atoms with Crippen LogP contribution in [0.2, 0.25) is 0 Å². The lowest BCUT2D eigenvalue weighted by atomic mass is 9.66. The summed E-state index contributed by atoms with van der Waals surface area (Å²) in [5, 5.41) is 20.8. The molecule has 2 aliphatic heterocycles. The Morgan fingerprint density at radius 3 is 2.24 bits per heavy atom. The van der Waals surface area contributed by atoms with E-state index in [9.17, 15) is 15.3 Å². The number of carbonyl (C=O) groups is 1. The van der Waals surface area contributed by atoms with Crippen LogP contribution in [0.25, 0.3) is 6.08 Å². The van der Waals surface area contributed by atoms with E-state index in [0.29, 0.717) is 0 Å². The summed E-state index contributed by atoms with van der Waals surface area (Å²) in [6, 6.07) is 21.0. The van der Waals surface area contributed by atoms with Gasteiger partial charge in [-0.15, -0.1) is 0 Å². The molecule has 144 valence electrons. The Balaban J connectivity index is 2.02. The fourth-order valence-electron chi connectivity index (χ4n) is 4.77. The molecule has 0 unspecified atom stereocenters. The molecule has 4 heteroatoms. The Kier molecular flexibility index (Phi) is 4.32. The molecule has 0 N–H and O–H groups in total. The van der Waals surface area contributed by atoms with Crippen LogP contribution in [0.4, 0.5) is 0 Å². The molecule has 0 aliphatic carbocycles. The first kappa shape index (κ1) is 19.0. The summed E-state index contributed by atoms with van der Waals surface area (Å²) < 4.78 is 0. The summed E-state index contributed by atoms with van der Waals surface area (Å²) in [7, 11) is 0. The zero-order valence-electron chi connectivity index (χ0n) is 16.8. The van der Waals surface area contributed by atoms with Crippen LogP contribution in [0.1, 0.15) is 49.4 Å². The highest BCUT2D eigenvalue weighted by Crippen LogP contribution is 2.60. The highest BCUT2D eigenvalue weighted by molar-refractivity contribution is 5.91. The van der Waals surface area contributed by atoms with Gasteiger partial charge in [-0.2, -0.15) is 10.5 Å². The van der Waals surface area contributed by atoms with Gasteiger partial charge in [0, 0.05) is 17.5 Å². The van der Waals surface area contributed by atoms with E-state index in [2.05, 4.69) is 12.1 Å². The van der Waals surface area contributed by atoms with Crippen LogP contribution in [0.5, 0.6) is 0 Å². The second kappa shape index (κ2) is 6.61. The maximum atomic E-state index is 13.6. The first-order valence-electron chi connectivity index (χ1n) is 9.81. The summed E-state index contributed by atoms with van der Waals surface area (Å²) in [6.45, 7) is 5.69. The Labute approximate surface area is 171 Å². The van der Waals surface area contributed by atoms with E-state index in [4.69, 9.17) is 0 Å². The second-order valence-electron chi connectivity index (χ2n) is 8.83. The average Bonchev–Trinajstić information content (AvgIpc) is 3.04. The van der Waals surface area contributed by atoms with Gasteiger partial charge >= 0.3 is 0 Å². The molecule has 2 heterocycles. The highest BCUT2D eigenvalue weighted by Gasteiger charge is 2.64. The number of fused-ring (bicyclic) bond motifs is 3. The molecule has 0 spiro atoms. The van der Waals surface area contributed by atoms with E-state index < -0.39 is 28.8 Å². The summed E-state index contributed by atoms with van der Waals surface area (Å²) in [5.41, 5.74) is 0.767. The topological polar surface area (TPSA) is 67.9 Å². The highest BCUT2D eigenvalue weighted by atomic mass is 16.1. The van der Waals surface area contributed by atoms with Crippen molar-refractivity contribution in [3.63, 3.8) is 0 Å². The normalized spacial score (nSPS) is 24.2. The molecule has 0 aromatic heterocycles. The molecule has 4 nitrogen and oxygen atoms in total. The maximum absolute atomic E-state index is 13.6. The second-order valence-corrected chi connectivity index (χ2v) is 8.83. The third kappa shape index (κ3) is 2.68. The number of nitriles is 2. The molecular weight excluding hydrogens is 358 g/mol. The average molecular weight is 381 g/mol. The first-order chi connectivity index (χ1) is 13.8. The number of rotatable bonds is 2. The minimum Gasteiger partial charge on any atom is -0.357 e. The molecule has 3 atom stereocenters. The number of hydrogen-bond acceptors (Lipinski definition) is 4. The summed E-state index contributed by atoms with van der Waals surface area (Å²) in [4.78, 5) is 15.6. The molecule has 2 aromatic rings. The van der Waals surface area contributed by atoms with Crippen LogP contribution < -0.4 is 0 Å². The van der Waals surface area contributed by atoms with Crippen molar-refractivity contribution in [1.29, 1.82) is 10.5 Å². The molecule has 0 amide bonds. The Hall–Kier alpha value is -3.37. The van der Waals surface area contributed by atoms with Crippen molar-refractivity contribution in [2.45, 2.75) is 38.8 Å². The van der Waals surface area contributed by atoms with Crippen molar-refractivity contribution in [1.82, 2.24) is 4.90 Å². The van der Waals surface area contributed by atoms with E-state index >= 15 is 0 Å². The third-order valence-corrected chi connectivity index (χ3v) is 6.11. The van der Waals surface area contributed by atoms with Gasteiger partial charge in [0.15, 0.2) is 11.2 Å². The van der Waals surface area contributed by atoms with Gasteiger partial charge in [-0.25, -0.2) is 0 Å². The lowest BCUT2D eigenvalue weighted by Gasteiger charge is -2.36. The number of hydrogen-bond donors (Lipinski definition) is 0. The number of nitrogens with zero attached hydrogens (tertiary/aromatic N) is 3. The van der Waals surface area contributed by atoms with E-state index in [0.717, 1.165) is 16.7 Å². The summed E-state index contributed by atoms with van der Waals surface area (Å²) in [6.07, 6.45) is 3.87. The lowest BCUT2D eigenvalue weighted by molar-refractivity contribution is -0.130. The zero-order valence-corrected chi connectivity index (χ0v) is 16.8. The quantitative estimate of drug-likeness (QED) is 0.747. The predicted octanol–water partition coefficient (Wildman–Crippen LogP) is 4.83. The van der Waals surface area contributed by atoms with Crippen molar-refractivity contribution in [3.05, 3.63) is 77.5 Å².